The van der Waals surface area contributed by atoms with Crippen LogP contribution in [0.5, 0.6) is 23.3 Å². The first-order valence-corrected chi connectivity index (χ1v) is 10.6. The van der Waals surface area contributed by atoms with Crippen LogP contribution in [0.3, 0.4) is 0 Å². The second kappa shape index (κ2) is 8.32. The molecule has 11 nitrogen and oxygen atoms in total. The summed E-state index contributed by atoms with van der Waals surface area (Å²) in [4.78, 5) is 0. The smallest absolute Gasteiger partial charge is 0.341 e. The fourth-order valence-electron chi connectivity index (χ4n) is 4.37. The number of benzene rings is 2. The molecule has 2 fully saturated rings. The van der Waals surface area contributed by atoms with Crippen molar-refractivity contribution in [3.63, 3.8) is 0 Å². The average Bonchev–Trinajstić information content (AvgIpc) is 3.62. The molecule has 4 atom stereocenters. The van der Waals surface area contributed by atoms with Crippen molar-refractivity contribution in [1.29, 1.82) is 5.26 Å². The highest BCUT2D eigenvalue weighted by Gasteiger charge is 2.49. The first-order chi connectivity index (χ1) is 16.3. The Labute approximate surface area is 188 Å². The third-order valence-corrected chi connectivity index (χ3v) is 5.98. The monoisotopic (exact) mass is 448 g/mol. The summed E-state index contributed by atoms with van der Waals surface area (Å²) in [7, 11) is 0. The molecule has 2 saturated heterocycles. The van der Waals surface area contributed by atoms with Gasteiger partial charge >= 0.3 is 6.01 Å². The molecule has 1 aromatic heterocycles. The van der Waals surface area contributed by atoms with E-state index in [0.717, 1.165) is 5.56 Å². The van der Waals surface area contributed by atoms with Gasteiger partial charge in [0.05, 0.1) is 30.9 Å². The van der Waals surface area contributed by atoms with Crippen molar-refractivity contribution in [3.8, 4) is 29.3 Å². The second-order valence-corrected chi connectivity index (χ2v) is 7.99. The highest BCUT2D eigenvalue weighted by Crippen LogP contribution is 2.38. The quantitative estimate of drug-likeness (QED) is 0.594. The van der Waals surface area contributed by atoms with Crippen molar-refractivity contribution in [1.82, 2.24) is 25.5 Å². The van der Waals surface area contributed by atoms with Crippen molar-refractivity contribution in [2.75, 3.05) is 20.0 Å². The lowest BCUT2D eigenvalue weighted by atomic mass is 10.1. The van der Waals surface area contributed by atoms with E-state index >= 15 is 0 Å². The summed E-state index contributed by atoms with van der Waals surface area (Å²) < 4.78 is 30.4. The average molecular weight is 448 g/mol. The molecule has 0 bridgehead atoms. The van der Waals surface area contributed by atoms with Gasteiger partial charge in [0.2, 0.25) is 6.79 Å². The maximum atomic E-state index is 9.09. The molecular formula is C22H20N6O5. The van der Waals surface area contributed by atoms with E-state index in [-0.39, 0.29) is 37.1 Å². The Morgan fingerprint density at radius 1 is 1.09 bits per heavy atom. The molecule has 11 heteroatoms. The lowest BCUT2D eigenvalue weighted by molar-refractivity contribution is 0.0611. The number of nitrogens with zero attached hydrogens (tertiary/aromatic N) is 5. The second-order valence-electron chi connectivity index (χ2n) is 7.99. The van der Waals surface area contributed by atoms with Crippen LogP contribution in [-0.4, -0.2) is 58.5 Å². The topological polar surface area (TPSA) is 126 Å². The SMILES string of the molecule is N#Cc1cccc(CN[C@H]2CO[C@H]3[C@@H]2OC[C@@H]3n2nnnc2Oc2ccc3c(c2)OCO3)c1. The maximum absolute atomic E-state index is 9.09. The Kier molecular flexibility index (Phi) is 5.03. The summed E-state index contributed by atoms with van der Waals surface area (Å²) in [6.07, 6.45) is -0.354. The zero-order valence-corrected chi connectivity index (χ0v) is 17.5. The van der Waals surface area contributed by atoms with E-state index in [9.17, 15) is 0 Å². The maximum Gasteiger partial charge on any atom is 0.341 e. The number of hydrogen-bond donors (Lipinski definition) is 1. The van der Waals surface area contributed by atoms with Crippen LogP contribution in [0.25, 0.3) is 0 Å². The minimum atomic E-state index is -0.220. The normalized spacial score (nSPS) is 25.1. The van der Waals surface area contributed by atoms with E-state index < -0.39 is 0 Å². The van der Waals surface area contributed by atoms with E-state index in [2.05, 4.69) is 26.9 Å². The van der Waals surface area contributed by atoms with Crippen LogP contribution >= 0.6 is 0 Å². The largest absolute Gasteiger partial charge is 0.454 e. The fraction of sp³-hybridized carbons (Fsp3) is 0.364. The number of hydrogen-bond acceptors (Lipinski definition) is 10. The van der Waals surface area contributed by atoms with Crippen molar-refractivity contribution in [3.05, 3.63) is 53.6 Å². The Morgan fingerprint density at radius 3 is 2.94 bits per heavy atom. The number of nitriles is 1. The van der Waals surface area contributed by atoms with E-state index in [1.807, 2.05) is 18.2 Å². The predicted octanol–water partition coefficient (Wildman–Crippen LogP) is 1.56. The van der Waals surface area contributed by atoms with Crippen molar-refractivity contribution in [2.45, 2.75) is 30.8 Å². The summed E-state index contributed by atoms with van der Waals surface area (Å²) in [6, 6.07) is 15.0. The molecule has 0 aliphatic carbocycles. The van der Waals surface area contributed by atoms with Crippen LogP contribution in [0.4, 0.5) is 0 Å². The van der Waals surface area contributed by atoms with Crippen LogP contribution in [0.15, 0.2) is 42.5 Å². The van der Waals surface area contributed by atoms with Crippen LogP contribution < -0.4 is 19.5 Å². The molecule has 1 N–H and O–H groups in total. The number of rotatable bonds is 6. The Hall–Kier alpha value is -3.72. The number of tetrazole rings is 1. The first kappa shape index (κ1) is 19.9. The van der Waals surface area contributed by atoms with Crippen molar-refractivity contribution >= 4 is 0 Å². The van der Waals surface area contributed by atoms with Crippen LogP contribution in [0.2, 0.25) is 0 Å². The predicted molar refractivity (Wildman–Crippen MR) is 111 cm³/mol. The van der Waals surface area contributed by atoms with Gasteiger partial charge in [0.15, 0.2) is 11.5 Å². The highest BCUT2D eigenvalue weighted by atomic mass is 16.7. The van der Waals surface area contributed by atoms with Gasteiger partial charge in [-0.3, -0.25) is 0 Å². The molecule has 2 aromatic carbocycles. The summed E-state index contributed by atoms with van der Waals surface area (Å²) in [5.74, 6) is 1.83. The fourth-order valence-corrected chi connectivity index (χ4v) is 4.37. The van der Waals surface area contributed by atoms with E-state index in [4.69, 9.17) is 28.9 Å². The molecule has 3 aliphatic rings. The van der Waals surface area contributed by atoms with Gasteiger partial charge in [-0.05, 0) is 40.3 Å². The van der Waals surface area contributed by atoms with Gasteiger partial charge in [0.25, 0.3) is 0 Å². The standard InChI is InChI=1S/C22H20N6O5/c23-8-13-2-1-3-14(6-13)9-24-16-10-29-21-17(11-30-20(16)21)28-22(25-26-27-28)33-15-4-5-18-19(7-15)32-12-31-18/h1-7,16-17,20-21,24H,9-12H2/t16-,17-,20+,21+/m0/s1. The molecule has 33 heavy (non-hydrogen) atoms. The zero-order chi connectivity index (χ0) is 22.2. The third-order valence-electron chi connectivity index (χ3n) is 5.98. The Balaban J connectivity index is 1.13. The molecule has 168 valence electrons. The molecule has 0 spiro atoms. The van der Waals surface area contributed by atoms with E-state index in [1.165, 1.54) is 0 Å². The molecule has 3 aromatic rings. The Morgan fingerprint density at radius 2 is 2.00 bits per heavy atom. The molecule has 0 radical (unpaired) electrons. The molecule has 6 rings (SSSR count). The van der Waals surface area contributed by atoms with Gasteiger partial charge < -0.3 is 29.0 Å². The first-order valence-electron chi connectivity index (χ1n) is 10.6. The van der Waals surface area contributed by atoms with Crippen LogP contribution in [-0.2, 0) is 16.0 Å². The number of aromatic nitrogens is 4. The molecular weight excluding hydrogens is 428 g/mol. The minimum Gasteiger partial charge on any atom is -0.454 e. The van der Waals surface area contributed by atoms with Crippen LogP contribution in [0, 0.1) is 11.3 Å². The van der Waals surface area contributed by atoms with Crippen molar-refractivity contribution in [2.24, 2.45) is 0 Å². The number of nitrogens with one attached hydrogen (secondary N) is 1. The van der Waals surface area contributed by atoms with Gasteiger partial charge in [0.1, 0.15) is 24.0 Å². The van der Waals surface area contributed by atoms with Gasteiger partial charge in [0, 0.05) is 12.6 Å². The summed E-state index contributed by atoms with van der Waals surface area (Å²) in [5.41, 5.74) is 1.67. The molecule has 0 saturated carbocycles. The van der Waals surface area contributed by atoms with Gasteiger partial charge in [-0.1, -0.05) is 17.2 Å². The highest BCUT2D eigenvalue weighted by molar-refractivity contribution is 5.47. The summed E-state index contributed by atoms with van der Waals surface area (Å²) in [6.45, 7) is 1.71. The van der Waals surface area contributed by atoms with Gasteiger partial charge in [-0.15, -0.1) is 0 Å². The van der Waals surface area contributed by atoms with Crippen LogP contribution in [0.1, 0.15) is 17.2 Å². The third kappa shape index (κ3) is 3.74. The van der Waals surface area contributed by atoms with E-state index in [0.29, 0.717) is 42.6 Å². The zero-order valence-electron chi connectivity index (χ0n) is 17.5. The number of fused-ring (bicyclic) bond motifs is 2. The van der Waals surface area contributed by atoms with Gasteiger partial charge in [-0.2, -0.15) is 9.94 Å². The lowest BCUT2D eigenvalue weighted by Gasteiger charge is -2.18. The van der Waals surface area contributed by atoms with Crippen molar-refractivity contribution < 1.29 is 23.7 Å². The number of ether oxygens (including phenoxy) is 5. The van der Waals surface area contributed by atoms with E-state index in [1.54, 1.807) is 28.9 Å². The van der Waals surface area contributed by atoms with Gasteiger partial charge in [-0.25, -0.2) is 0 Å². The lowest BCUT2D eigenvalue weighted by Crippen LogP contribution is -2.40. The Bertz CT molecular complexity index is 1210. The molecule has 0 unspecified atom stereocenters. The minimum absolute atomic E-state index is 0.0143. The molecule has 0 amide bonds. The summed E-state index contributed by atoms with van der Waals surface area (Å²) in [5, 5.41) is 24.5. The molecule has 4 heterocycles. The summed E-state index contributed by atoms with van der Waals surface area (Å²) >= 11 is 0. The molecule has 3 aliphatic heterocycles.